The fraction of sp³-hybridized carbons (Fsp3) is 0.545. The minimum absolute atomic E-state index is 0.648. The molecular formula is C11H15N. The molecule has 1 aromatic heterocycles. The van der Waals surface area contributed by atoms with Gasteiger partial charge in [-0.3, -0.25) is 4.98 Å². The van der Waals surface area contributed by atoms with Gasteiger partial charge in [-0.1, -0.05) is 19.9 Å². The minimum Gasteiger partial charge on any atom is -0.261 e. The van der Waals surface area contributed by atoms with Crippen molar-refractivity contribution >= 4 is 0 Å². The quantitative estimate of drug-likeness (QED) is 0.570. The summed E-state index contributed by atoms with van der Waals surface area (Å²) in [5.74, 6) is 1.45. The molecule has 12 heavy (non-hydrogen) atoms. The average Bonchev–Trinajstić information content (AvgIpc) is 2.12. The summed E-state index contributed by atoms with van der Waals surface area (Å²) in [6.45, 7) is 4.61. The molecule has 0 radical (unpaired) electrons. The Morgan fingerprint density at radius 3 is 3.08 bits per heavy atom. The molecule has 64 valence electrons. The van der Waals surface area contributed by atoms with E-state index in [0.29, 0.717) is 5.92 Å². The number of rotatable bonds is 0. The molecule has 0 amide bonds. The molecule has 0 aromatic carbocycles. The molecule has 1 heteroatoms. The Morgan fingerprint density at radius 1 is 1.42 bits per heavy atom. The molecule has 0 aliphatic heterocycles. The molecule has 1 nitrogen and oxygen atoms in total. The second kappa shape index (κ2) is 2.89. The van der Waals surface area contributed by atoms with E-state index in [-0.39, 0.29) is 0 Å². The zero-order valence-corrected chi connectivity index (χ0v) is 7.75. The van der Waals surface area contributed by atoms with Gasteiger partial charge >= 0.3 is 0 Å². The van der Waals surface area contributed by atoms with E-state index in [1.54, 1.807) is 0 Å². The van der Waals surface area contributed by atoms with E-state index in [1.165, 1.54) is 24.1 Å². The topological polar surface area (TPSA) is 12.9 Å². The molecule has 2 rings (SSSR count). The van der Waals surface area contributed by atoms with Crippen LogP contribution in [0.2, 0.25) is 0 Å². The van der Waals surface area contributed by atoms with Crippen LogP contribution in [0.5, 0.6) is 0 Å². The van der Waals surface area contributed by atoms with Crippen LogP contribution in [-0.4, -0.2) is 4.98 Å². The van der Waals surface area contributed by atoms with E-state index < -0.39 is 0 Å². The Morgan fingerprint density at radius 2 is 2.25 bits per heavy atom. The fourth-order valence-electron chi connectivity index (χ4n) is 1.97. The van der Waals surface area contributed by atoms with E-state index in [0.717, 1.165) is 5.92 Å². The zero-order valence-electron chi connectivity index (χ0n) is 7.75. The van der Waals surface area contributed by atoms with Crippen LogP contribution in [0.25, 0.3) is 0 Å². The third-order valence-electron chi connectivity index (χ3n) is 3.08. The number of hydrogen-bond acceptors (Lipinski definition) is 1. The maximum absolute atomic E-state index is 4.45. The predicted molar refractivity (Wildman–Crippen MR) is 50.1 cm³/mol. The average molecular weight is 161 g/mol. The lowest BCUT2D eigenvalue weighted by molar-refractivity contribution is 0.417. The lowest BCUT2D eigenvalue weighted by Crippen LogP contribution is -2.17. The summed E-state index contributed by atoms with van der Waals surface area (Å²) in [6, 6.07) is 4.26. The Kier molecular flexibility index (Phi) is 1.87. The Bertz CT molecular complexity index is 280. The highest BCUT2D eigenvalue weighted by atomic mass is 14.7. The first-order valence-corrected chi connectivity index (χ1v) is 4.73. The monoisotopic (exact) mass is 161 g/mol. The lowest BCUT2D eigenvalue weighted by Gasteiger charge is -2.26. The molecule has 0 saturated heterocycles. The van der Waals surface area contributed by atoms with Crippen molar-refractivity contribution < 1.29 is 0 Å². The van der Waals surface area contributed by atoms with Gasteiger partial charge in [0.15, 0.2) is 0 Å². The molecule has 1 aromatic rings. The van der Waals surface area contributed by atoms with Crippen LogP contribution in [0.15, 0.2) is 18.3 Å². The van der Waals surface area contributed by atoms with Gasteiger partial charge in [0.05, 0.1) is 0 Å². The number of fused-ring (bicyclic) bond motifs is 1. The highest BCUT2D eigenvalue weighted by Gasteiger charge is 2.23. The number of nitrogens with zero attached hydrogens (tertiary/aromatic N) is 1. The Labute approximate surface area is 73.8 Å². The first-order chi connectivity index (χ1) is 5.79. The summed E-state index contributed by atoms with van der Waals surface area (Å²) in [7, 11) is 0. The third-order valence-corrected chi connectivity index (χ3v) is 3.08. The Balaban J connectivity index is 2.42. The predicted octanol–water partition coefficient (Wildman–Crippen LogP) is 2.77. The van der Waals surface area contributed by atoms with E-state index in [4.69, 9.17) is 0 Å². The highest BCUT2D eigenvalue weighted by Crippen LogP contribution is 2.33. The molecule has 0 spiro atoms. The number of hydrogen-bond donors (Lipinski definition) is 0. The van der Waals surface area contributed by atoms with Crippen molar-refractivity contribution in [2.24, 2.45) is 5.92 Å². The summed E-state index contributed by atoms with van der Waals surface area (Å²) < 4.78 is 0. The van der Waals surface area contributed by atoms with E-state index in [2.05, 4.69) is 24.9 Å². The molecule has 0 saturated carbocycles. The molecule has 0 unspecified atom stereocenters. The van der Waals surface area contributed by atoms with Crippen molar-refractivity contribution in [2.75, 3.05) is 0 Å². The van der Waals surface area contributed by atoms with E-state index >= 15 is 0 Å². The summed E-state index contributed by atoms with van der Waals surface area (Å²) >= 11 is 0. The van der Waals surface area contributed by atoms with Crippen LogP contribution in [0.1, 0.15) is 37.4 Å². The minimum atomic E-state index is 0.648. The molecule has 0 bridgehead atoms. The molecule has 2 atom stereocenters. The van der Waals surface area contributed by atoms with Crippen molar-refractivity contribution in [1.82, 2.24) is 4.98 Å². The van der Waals surface area contributed by atoms with Gasteiger partial charge in [0.25, 0.3) is 0 Å². The largest absolute Gasteiger partial charge is 0.261 e. The summed E-state index contributed by atoms with van der Waals surface area (Å²) in [5, 5.41) is 0. The summed E-state index contributed by atoms with van der Waals surface area (Å²) in [4.78, 5) is 4.45. The van der Waals surface area contributed by atoms with Gasteiger partial charge in [-0.05, 0) is 30.4 Å². The van der Waals surface area contributed by atoms with Gasteiger partial charge in [-0.25, -0.2) is 0 Å². The third kappa shape index (κ3) is 1.13. The molecule has 1 aliphatic rings. The van der Waals surface area contributed by atoms with Crippen LogP contribution in [0.4, 0.5) is 0 Å². The second-order valence-electron chi connectivity index (χ2n) is 3.85. The first-order valence-electron chi connectivity index (χ1n) is 4.73. The fourth-order valence-corrected chi connectivity index (χ4v) is 1.97. The van der Waals surface area contributed by atoms with Gasteiger partial charge in [0, 0.05) is 17.8 Å². The van der Waals surface area contributed by atoms with Crippen LogP contribution >= 0.6 is 0 Å². The van der Waals surface area contributed by atoms with Crippen molar-refractivity contribution in [2.45, 2.75) is 32.6 Å². The molecule has 1 aliphatic carbocycles. The van der Waals surface area contributed by atoms with Gasteiger partial charge in [0.2, 0.25) is 0 Å². The van der Waals surface area contributed by atoms with Crippen LogP contribution < -0.4 is 0 Å². The highest BCUT2D eigenvalue weighted by molar-refractivity contribution is 5.26. The van der Waals surface area contributed by atoms with Crippen molar-refractivity contribution in [1.29, 1.82) is 0 Å². The smallest absolute Gasteiger partial charge is 0.0466 e. The molecular weight excluding hydrogens is 146 g/mol. The summed E-state index contributed by atoms with van der Waals surface area (Å²) in [5.41, 5.74) is 2.79. The van der Waals surface area contributed by atoms with Crippen molar-refractivity contribution in [3.8, 4) is 0 Å². The van der Waals surface area contributed by atoms with Crippen LogP contribution in [0.3, 0.4) is 0 Å². The van der Waals surface area contributed by atoms with E-state index in [9.17, 15) is 0 Å². The number of pyridine rings is 1. The van der Waals surface area contributed by atoms with Gasteiger partial charge in [-0.15, -0.1) is 0 Å². The zero-order chi connectivity index (χ0) is 8.55. The van der Waals surface area contributed by atoms with Gasteiger partial charge < -0.3 is 0 Å². The molecule has 0 N–H and O–H groups in total. The molecule has 0 fully saturated rings. The Hall–Kier alpha value is -0.850. The van der Waals surface area contributed by atoms with Gasteiger partial charge in [-0.2, -0.15) is 0 Å². The van der Waals surface area contributed by atoms with E-state index in [1.807, 2.05) is 12.3 Å². The normalized spacial score (nSPS) is 28.2. The number of aryl methyl sites for hydroxylation is 1. The maximum Gasteiger partial charge on any atom is 0.0466 e. The maximum atomic E-state index is 4.45. The van der Waals surface area contributed by atoms with Crippen molar-refractivity contribution in [3.63, 3.8) is 0 Å². The van der Waals surface area contributed by atoms with Crippen molar-refractivity contribution in [3.05, 3.63) is 29.6 Å². The standard InChI is InChI=1S/C11H15N/c1-8-5-6-10-4-3-7-12-11(10)9(8)2/h3-4,7-9H,5-6H2,1-2H3/t8-,9+/m0/s1. The van der Waals surface area contributed by atoms with Crippen LogP contribution in [0, 0.1) is 5.92 Å². The second-order valence-corrected chi connectivity index (χ2v) is 3.85. The summed E-state index contributed by atoms with van der Waals surface area (Å²) in [6.07, 6.45) is 4.45. The molecule has 1 heterocycles. The number of aromatic nitrogens is 1. The SMILES string of the molecule is C[C@H]1CCc2cccnc2[C@@H]1C. The lowest BCUT2D eigenvalue weighted by atomic mass is 9.80. The van der Waals surface area contributed by atoms with Gasteiger partial charge in [0.1, 0.15) is 0 Å². The van der Waals surface area contributed by atoms with Crippen LogP contribution in [-0.2, 0) is 6.42 Å². The first kappa shape index (κ1) is 7.78.